The number of hydrogen-bond donors (Lipinski definition) is 0. The molecule has 1 rings (SSSR count). The minimum Gasteiger partial charge on any atom is -0.295 e. The Kier molecular flexibility index (Phi) is 2.57. The van der Waals surface area contributed by atoms with E-state index in [-0.39, 0.29) is 0 Å². The molecule has 0 aliphatic heterocycles. The highest BCUT2D eigenvalue weighted by Gasteiger charge is 2.25. The Hall–Kier alpha value is -0.373. The van der Waals surface area contributed by atoms with Gasteiger partial charge in [-0.25, -0.2) is 0 Å². The van der Waals surface area contributed by atoms with Gasteiger partial charge in [-0.05, 0) is 25.0 Å². The van der Waals surface area contributed by atoms with Gasteiger partial charge in [0.1, 0.15) is 0 Å². The van der Waals surface area contributed by atoms with Crippen LogP contribution in [0, 0.1) is 0 Å². The van der Waals surface area contributed by atoms with E-state index in [1.807, 2.05) is 0 Å². The number of allylic oxidation sites excluding steroid dienone is 2. The molecule has 0 fully saturated rings. The number of carbonyl (C=O) groups is 1. The summed E-state index contributed by atoms with van der Waals surface area (Å²) in [5.41, 5.74) is 2.51. The molecular weight excluding hydrogens is 164 g/mol. The largest absolute Gasteiger partial charge is 0.295 e. The number of ketones is 1. The molecule has 1 aliphatic carbocycles. The fraction of sp³-hybridized carbons (Fsp3) is 0.700. The standard InChI is InChI=1S/C10H18OSi/c1-8-5-6-10(11)9(8)7-12(2,3)4/h5-7H2,1-4H3. The van der Waals surface area contributed by atoms with Crippen molar-refractivity contribution in [2.24, 2.45) is 0 Å². The van der Waals surface area contributed by atoms with E-state index in [4.69, 9.17) is 0 Å². The van der Waals surface area contributed by atoms with Crippen molar-refractivity contribution < 1.29 is 4.79 Å². The predicted molar refractivity (Wildman–Crippen MR) is 55.1 cm³/mol. The van der Waals surface area contributed by atoms with Crippen LogP contribution in [0.1, 0.15) is 19.8 Å². The minimum atomic E-state index is -1.08. The van der Waals surface area contributed by atoms with Crippen molar-refractivity contribution in [1.82, 2.24) is 0 Å². The Balaban J connectivity index is 2.75. The van der Waals surface area contributed by atoms with Gasteiger partial charge >= 0.3 is 0 Å². The lowest BCUT2D eigenvalue weighted by Gasteiger charge is -2.16. The summed E-state index contributed by atoms with van der Waals surface area (Å²) in [5, 5.41) is 0. The van der Waals surface area contributed by atoms with Crippen LogP contribution in [-0.2, 0) is 4.79 Å². The van der Waals surface area contributed by atoms with E-state index in [0.29, 0.717) is 5.78 Å². The van der Waals surface area contributed by atoms with Gasteiger partial charge in [0.2, 0.25) is 0 Å². The van der Waals surface area contributed by atoms with Gasteiger partial charge in [0.25, 0.3) is 0 Å². The van der Waals surface area contributed by atoms with Gasteiger partial charge in [0.15, 0.2) is 5.78 Å². The molecule has 0 bridgehead atoms. The third-order valence-electron chi connectivity index (χ3n) is 2.29. The Labute approximate surface area is 75.9 Å². The molecule has 0 heterocycles. The second-order valence-corrected chi connectivity index (χ2v) is 10.4. The molecule has 0 saturated heterocycles. The molecule has 0 aromatic rings. The van der Waals surface area contributed by atoms with Crippen molar-refractivity contribution in [2.75, 3.05) is 0 Å². The monoisotopic (exact) mass is 182 g/mol. The molecule has 0 saturated carbocycles. The van der Waals surface area contributed by atoms with Gasteiger partial charge in [0, 0.05) is 14.5 Å². The average Bonchev–Trinajstić information content (AvgIpc) is 2.16. The summed E-state index contributed by atoms with van der Waals surface area (Å²) in [5.74, 6) is 0.412. The molecule has 1 nitrogen and oxygen atoms in total. The van der Waals surface area contributed by atoms with Crippen molar-refractivity contribution >= 4 is 13.9 Å². The summed E-state index contributed by atoms with van der Waals surface area (Å²) in [6, 6.07) is 1.08. The smallest absolute Gasteiger partial charge is 0.158 e. The Bertz CT molecular complexity index is 233. The second-order valence-electron chi connectivity index (χ2n) is 4.92. The number of rotatable bonds is 2. The Morgan fingerprint density at radius 3 is 2.17 bits per heavy atom. The molecule has 0 spiro atoms. The molecule has 0 radical (unpaired) electrons. The third kappa shape index (κ3) is 2.31. The fourth-order valence-electron chi connectivity index (χ4n) is 1.62. The SMILES string of the molecule is CC1=C(C[Si](C)(C)C)C(=O)CC1. The number of hydrogen-bond acceptors (Lipinski definition) is 1. The van der Waals surface area contributed by atoms with Crippen LogP contribution in [0.4, 0.5) is 0 Å². The highest BCUT2D eigenvalue weighted by atomic mass is 28.3. The minimum absolute atomic E-state index is 0.412. The predicted octanol–water partition coefficient (Wildman–Crippen LogP) is 3.00. The van der Waals surface area contributed by atoms with E-state index in [1.165, 1.54) is 5.57 Å². The topological polar surface area (TPSA) is 17.1 Å². The van der Waals surface area contributed by atoms with Crippen LogP contribution in [0.2, 0.25) is 25.7 Å². The molecular formula is C10H18OSi. The molecule has 0 atom stereocenters. The van der Waals surface area contributed by atoms with Crippen LogP contribution in [0.25, 0.3) is 0 Å². The first-order valence-electron chi connectivity index (χ1n) is 4.62. The molecule has 68 valence electrons. The van der Waals surface area contributed by atoms with Crippen LogP contribution in [-0.4, -0.2) is 13.9 Å². The van der Waals surface area contributed by atoms with E-state index in [9.17, 15) is 4.79 Å². The van der Waals surface area contributed by atoms with E-state index < -0.39 is 8.07 Å². The first-order chi connectivity index (χ1) is 5.40. The first-order valence-corrected chi connectivity index (χ1v) is 8.33. The van der Waals surface area contributed by atoms with Gasteiger partial charge < -0.3 is 0 Å². The lowest BCUT2D eigenvalue weighted by molar-refractivity contribution is -0.114. The average molecular weight is 182 g/mol. The zero-order chi connectivity index (χ0) is 9.35. The lowest BCUT2D eigenvalue weighted by atomic mass is 10.2. The Morgan fingerprint density at radius 1 is 1.25 bits per heavy atom. The zero-order valence-electron chi connectivity index (χ0n) is 8.53. The van der Waals surface area contributed by atoms with E-state index in [1.54, 1.807) is 0 Å². The van der Waals surface area contributed by atoms with Crippen LogP contribution >= 0.6 is 0 Å². The van der Waals surface area contributed by atoms with Gasteiger partial charge in [0.05, 0.1) is 0 Å². The highest BCUT2D eigenvalue weighted by molar-refractivity contribution is 6.77. The van der Waals surface area contributed by atoms with Crippen molar-refractivity contribution in [3.63, 3.8) is 0 Å². The maximum Gasteiger partial charge on any atom is 0.158 e. The van der Waals surface area contributed by atoms with Crippen molar-refractivity contribution in [3.8, 4) is 0 Å². The van der Waals surface area contributed by atoms with E-state index >= 15 is 0 Å². The second kappa shape index (κ2) is 3.17. The molecule has 1 aliphatic rings. The number of carbonyl (C=O) groups excluding carboxylic acids is 1. The molecule has 0 unspecified atom stereocenters. The van der Waals surface area contributed by atoms with Crippen LogP contribution in [0.5, 0.6) is 0 Å². The maximum absolute atomic E-state index is 11.4. The Morgan fingerprint density at radius 2 is 1.83 bits per heavy atom. The summed E-state index contributed by atoms with van der Waals surface area (Å²) < 4.78 is 0. The van der Waals surface area contributed by atoms with Gasteiger partial charge in [-0.1, -0.05) is 25.2 Å². The molecule has 0 amide bonds. The zero-order valence-corrected chi connectivity index (χ0v) is 9.53. The third-order valence-corrected chi connectivity index (χ3v) is 3.70. The summed E-state index contributed by atoms with van der Waals surface area (Å²) in [4.78, 5) is 11.4. The van der Waals surface area contributed by atoms with Crippen LogP contribution in [0.3, 0.4) is 0 Å². The first kappa shape index (κ1) is 9.71. The van der Waals surface area contributed by atoms with Crippen LogP contribution < -0.4 is 0 Å². The summed E-state index contributed by atoms with van der Waals surface area (Å²) in [7, 11) is -1.08. The van der Waals surface area contributed by atoms with Gasteiger partial charge in [-0.3, -0.25) is 4.79 Å². The van der Waals surface area contributed by atoms with Crippen molar-refractivity contribution in [1.29, 1.82) is 0 Å². The molecule has 0 aromatic heterocycles. The van der Waals surface area contributed by atoms with E-state index in [2.05, 4.69) is 26.6 Å². The summed E-state index contributed by atoms with van der Waals surface area (Å²) in [6.45, 7) is 9.07. The normalized spacial score (nSPS) is 19.2. The van der Waals surface area contributed by atoms with Gasteiger partial charge in [-0.15, -0.1) is 0 Å². The fourth-order valence-corrected chi connectivity index (χ4v) is 3.18. The molecule has 2 heteroatoms. The van der Waals surface area contributed by atoms with Crippen LogP contribution in [0.15, 0.2) is 11.1 Å². The maximum atomic E-state index is 11.4. The summed E-state index contributed by atoms with van der Waals surface area (Å²) >= 11 is 0. The van der Waals surface area contributed by atoms with E-state index in [0.717, 1.165) is 24.5 Å². The van der Waals surface area contributed by atoms with Gasteiger partial charge in [-0.2, -0.15) is 0 Å². The summed E-state index contributed by atoms with van der Waals surface area (Å²) in [6.07, 6.45) is 1.78. The number of Topliss-reactive ketones (excluding diaryl/α,β-unsaturated/α-hetero) is 1. The molecule has 0 N–H and O–H groups in total. The highest BCUT2D eigenvalue weighted by Crippen LogP contribution is 2.29. The van der Waals surface area contributed by atoms with Crippen molar-refractivity contribution in [3.05, 3.63) is 11.1 Å². The quantitative estimate of drug-likeness (QED) is 0.600. The van der Waals surface area contributed by atoms with Crippen molar-refractivity contribution in [2.45, 2.75) is 45.5 Å². The lowest BCUT2D eigenvalue weighted by Crippen LogP contribution is -2.21. The molecule has 12 heavy (non-hydrogen) atoms. The molecule has 0 aromatic carbocycles.